The zero-order chi connectivity index (χ0) is 17.1. The molecule has 0 fully saturated rings. The molecule has 24 heavy (non-hydrogen) atoms. The fourth-order valence-corrected chi connectivity index (χ4v) is 2.74. The number of nitrogens with one attached hydrogen (secondary N) is 2. The van der Waals surface area contributed by atoms with Crippen molar-refractivity contribution in [2.45, 2.75) is 19.8 Å². The number of ether oxygens (including phenoxy) is 1. The van der Waals surface area contributed by atoms with Crippen molar-refractivity contribution in [3.05, 3.63) is 29.8 Å². The quantitative estimate of drug-likeness (QED) is 0.250. The van der Waals surface area contributed by atoms with E-state index in [4.69, 9.17) is 4.74 Å². The molecule has 0 radical (unpaired) electrons. The van der Waals surface area contributed by atoms with Crippen molar-refractivity contribution < 1.29 is 13.2 Å². The van der Waals surface area contributed by atoms with E-state index in [-0.39, 0.29) is 29.7 Å². The molecule has 0 aromatic heterocycles. The van der Waals surface area contributed by atoms with Crippen molar-refractivity contribution >= 4 is 39.8 Å². The molecule has 0 saturated carbocycles. The van der Waals surface area contributed by atoms with Crippen LogP contribution >= 0.6 is 24.0 Å². The van der Waals surface area contributed by atoms with Crippen LogP contribution in [0, 0.1) is 0 Å². The minimum atomic E-state index is -2.92. The highest BCUT2D eigenvalue weighted by Gasteiger charge is 2.03. The van der Waals surface area contributed by atoms with Crippen LogP contribution in [0.5, 0.6) is 5.75 Å². The van der Waals surface area contributed by atoms with Gasteiger partial charge in [-0.25, -0.2) is 8.42 Å². The average molecular weight is 469 g/mol. The summed E-state index contributed by atoms with van der Waals surface area (Å²) in [5.74, 6) is 1.75. The van der Waals surface area contributed by atoms with Gasteiger partial charge in [0, 0.05) is 25.9 Å². The molecule has 6 nitrogen and oxygen atoms in total. The van der Waals surface area contributed by atoms with Crippen LogP contribution in [0.3, 0.4) is 0 Å². The number of aliphatic imine (C=N–C) groups is 1. The van der Waals surface area contributed by atoms with Crippen LogP contribution in [-0.2, 0) is 16.3 Å². The number of benzene rings is 1. The van der Waals surface area contributed by atoms with Crippen molar-refractivity contribution in [1.82, 2.24) is 10.6 Å². The molecule has 1 rings (SSSR count). The van der Waals surface area contributed by atoms with Crippen LogP contribution in [0.15, 0.2) is 29.3 Å². The summed E-state index contributed by atoms with van der Waals surface area (Å²) in [5, 5.41) is 6.41. The van der Waals surface area contributed by atoms with Gasteiger partial charge in [0.2, 0.25) is 0 Å². The smallest absolute Gasteiger partial charge is 0.191 e. The van der Waals surface area contributed by atoms with E-state index < -0.39 is 9.84 Å². The SMILES string of the molecule is CCNC(=NCCCS(C)(=O)=O)NCCc1ccccc1OC.I. The van der Waals surface area contributed by atoms with Crippen LogP contribution < -0.4 is 15.4 Å². The first kappa shape index (κ1) is 23.0. The topological polar surface area (TPSA) is 79.8 Å². The Labute approximate surface area is 162 Å². The fourth-order valence-electron chi connectivity index (χ4n) is 2.08. The largest absolute Gasteiger partial charge is 0.496 e. The predicted molar refractivity (Wildman–Crippen MR) is 110 cm³/mol. The van der Waals surface area contributed by atoms with Crippen molar-refractivity contribution in [2.75, 3.05) is 38.8 Å². The number of halogens is 1. The molecule has 0 heterocycles. The minimum absolute atomic E-state index is 0. The molecule has 0 atom stereocenters. The highest BCUT2D eigenvalue weighted by molar-refractivity contribution is 14.0. The van der Waals surface area contributed by atoms with Gasteiger partial charge in [-0.15, -0.1) is 24.0 Å². The van der Waals surface area contributed by atoms with E-state index in [1.54, 1.807) is 7.11 Å². The summed E-state index contributed by atoms with van der Waals surface area (Å²) < 4.78 is 27.5. The summed E-state index contributed by atoms with van der Waals surface area (Å²) in [5.41, 5.74) is 1.13. The molecule has 2 N–H and O–H groups in total. The van der Waals surface area contributed by atoms with Gasteiger partial charge in [-0.05, 0) is 31.4 Å². The van der Waals surface area contributed by atoms with Crippen molar-refractivity contribution in [1.29, 1.82) is 0 Å². The Morgan fingerprint density at radius 2 is 1.96 bits per heavy atom. The zero-order valence-corrected chi connectivity index (χ0v) is 17.7. The second-order valence-electron chi connectivity index (χ2n) is 5.23. The maximum absolute atomic E-state index is 11.1. The molecule has 1 aromatic carbocycles. The number of methoxy groups -OCH3 is 1. The third-order valence-electron chi connectivity index (χ3n) is 3.17. The van der Waals surface area contributed by atoms with E-state index >= 15 is 0 Å². The highest BCUT2D eigenvalue weighted by Crippen LogP contribution is 2.17. The van der Waals surface area contributed by atoms with Crippen molar-refractivity contribution in [2.24, 2.45) is 4.99 Å². The fraction of sp³-hybridized carbons (Fsp3) is 0.562. The Balaban J connectivity index is 0.00000529. The van der Waals surface area contributed by atoms with Gasteiger partial charge in [-0.3, -0.25) is 4.99 Å². The third kappa shape index (κ3) is 9.96. The van der Waals surface area contributed by atoms with Gasteiger partial charge < -0.3 is 15.4 Å². The average Bonchev–Trinajstić information content (AvgIpc) is 2.51. The molecular weight excluding hydrogens is 441 g/mol. The van der Waals surface area contributed by atoms with Gasteiger partial charge >= 0.3 is 0 Å². The second kappa shape index (κ2) is 12.3. The van der Waals surface area contributed by atoms with Gasteiger partial charge in [0.15, 0.2) is 5.96 Å². The number of rotatable bonds is 9. The van der Waals surface area contributed by atoms with E-state index in [1.165, 1.54) is 6.26 Å². The Bertz CT molecular complexity index is 606. The molecule has 0 unspecified atom stereocenters. The lowest BCUT2D eigenvalue weighted by atomic mass is 10.1. The van der Waals surface area contributed by atoms with Crippen LogP contribution in [0.25, 0.3) is 0 Å². The standard InChI is InChI=1S/C16H27N3O3S.HI/c1-4-17-16(18-11-7-13-23(3,20)21)19-12-10-14-8-5-6-9-15(14)22-2;/h5-6,8-9H,4,7,10-13H2,1-3H3,(H2,17,18,19);1H. The van der Waals surface area contributed by atoms with E-state index in [9.17, 15) is 8.42 Å². The number of guanidine groups is 1. The highest BCUT2D eigenvalue weighted by atomic mass is 127. The minimum Gasteiger partial charge on any atom is -0.496 e. The molecule has 0 spiro atoms. The molecule has 0 aliphatic heterocycles. The maximum atomic E-state index is 11.1. The van der Waals surface area contributed by atoms with Gasteiger partial charge in [0.05, 0.1) is 12.9 Å². The van der Waals surface area contributed by atoms with Gasteiger partial charge in [-0.2, -0.15) is 0 Å². The molecule has 0 aliphatic carbocycles. The Morgan fingerprint density at radius 3 is 2.58 bits per heavy atom. The van der Waals surface area contributed by atoms with Crippen LogP contribution in [0.4, 0.5) is 0 Å². The van der Waals surface area contributed by atoms with Gasteiger partial charge in [-0.1, -0.05) is 18.2 Å². The number of hydrogen-bond donors (Lipinski definition) is 2. The first-order valence-electron chi connectivity index (χ1n) is 7.78. The third-order valence-corrected chi connectivity index (χ3v) is 4.20. The number of hydrogen-bond acceptors (Lipinski definition) is 4. The molecule has 0 amide bonds. The maximum Gasteiger partial charge on any atom is 0.191 e. The Hall–Kier alpha value is -1.03. The summed E-state index contributed by atoms with van der Waals surface area (Å²) in [6, 6.07) is 7.92. The summed E-state index contributed by atoms with van der Waals surface area (Å²) in [4.78, 5) is 4.39. The summed E-state index contributed by atoms with van der Waals surface area (Å²) in [6.07, 6.45) is 2.59. The molecule has 0 saturated heterocycles. The second-order valence-corrected chi connectivity index (χ2v) is 7.49. The lowest BCUT2D eigenvalue weighted by Crippen LogP contribution is -2.38. The Morgan fingerprint density at radius 1 is 1.25 bits per heavy atom. The Kier molecular flexibility index (Phi) is 11.8. The molecule has 0 bridgehead atoms. The van der Waals surface area contributed by atoms with E-state index in [0.717, 1.165) is 30.8 Å². The number of sulfone groups is 1. The molecular formula is C16H28IN3O3S. The molecule has 138 valence electrons. The van der Waals surface area contributed by atoms with Crippen LogP contribution in [0.2, 0.25) is 0 Å². The molecule has 1 aromatic rings. The monoisotopic (exact) mass is 469 g/mol. The zero-order valence-electron chi connectivity index (χ0n) is 14.5. The number of nitrogens with zero attached hydrogens (tertiary/aromatic N) is 1. The first-order chi connectivity index (χ1) is 11.0. The lowest BCUT2D eigenvalue weighted by molar-refractivity contribution is 0.409. The molecule has 0 aliphatic rings. The first-order valence-corrected chi connectivity index (χ1v) is 9.84. The van der Waals surface area contributed by atoms with E-state index in [0.29, 0.717) is 18.9 Å². The van der Waals surface area contributed by atoms with E-state index in [1.807, 2.05) is 31.2 Å². The summed E-state index contributed by atoms with van der Waals surface area (Å²) in [7, 11) is -1.25. The van der Waals surface area contributed by atoms with Gasteiger partial charge in [0.25, 0.3) is 0 Å². The van der Waals surface area contributed by atoms with Crippen molar-refractivity contribution in [3.63, 3.8) is 0 Å². The summed E-state index contributed by atoms with van der Waals surface area (Å²) in [6.45, 7) is 3.95. The van der Waals surface area contributed by atoms with E-state index in [2.05, 4.69) is 15.6 Å². The molecule has 8 heteroatoms. The predicted octanol–water partition coefficient (Wildman–Crippen LogP) is 1.85. The van der Waals surface area contributed by atoms with Gasteiger partial charge in [0.1, 0.15) is 15.6 Å². The normalized spacial score (nSPS) is 11.5. The lowest BCUT2D eigenvalue weighted by Gasteiger charge is -2.12. The van der Waals surface area contributed by atoms with Crippen LogP contribution in [0.1, 0.15) is 18.9 Å². The van der Waals surface area contributed by atoms with Crippen LogP contribution in [-0.4, -0.2) is 53.1 Å². The number of para-hydroxylation sites is 1. The van der Waals surface area contributed by atoms with Crippen molar-refractivity contribution in [3.8, 4) is 5.75 Å². The summed E-state index contributed by atoms with van der Waals surface area (Å²) >= 11 is 0.